The minimum absolute atomic E-state index is 0.228. The minimum Gasteiger partial charge on any atom is -0.354 e. The van der Waals surface area contributed by atoms with Crippen molar-refractivity contribution in [3.05, 3.63) is 70.8 Å². The van der Waals surface area contributed by atoms with Gasteiger partial charge in [0.2, 0.25) is 0 Å². The van der Waals surface area contributed by atoms with Gasteiger partial charge in [-0.15, -0.1) is 0 Å². The summed E-state index contributed by atoms with van der Waals surface area (Å²) >= 11 is 3.41. The summed E-state index contributed by atoms with van der Waals surface area (Å²) in [6.45, 7) is 4.96. The van der Waals surface area contributed by atoms with Crippen molar-refractivity contribution in [2.24, 2.45) is 0 Å². The summed E-state index contributed by atoms with van der Waals surface area (Å²) < 4.78 is 1.00. The van der Waals surface area contributed by atoms with Crippen LogP contribution in [0.25, 0.3) is 10.8 Å². The lowest BCUT2D eigenvalue weighted by Gasteiger charge is -2.35. The Labute approximate surface area is 174 Å². The average molecular weight is 438 g/mol. The molecule has 1 aliphatic rings. The van der Waals surface area contributed by atoms with E-state index in [1.165, 1.54) is 10.8 Å². The van der Waals surface area contributed by atoms with E-state index >= 15 is 0 Å². The van der Waals surface area contributed by atoms with Gasteiger partial charge < -0.3 is 4.90 Å². The molecule has 1 fully saturated rings. The van der Waals surface area contributed by atoms with Crippen LogP contribution in [0.1, 0.15) is 23.2 Å². The standard InChI is InChI=1S/C23H24BrN3O/c24-21-9-7-18(8-10-21)22(28)6-3-11-26-12-14-27(15-13-26)23-16-19-4-1-2-5-20(19)17-25-23/h1-2,4-5,7-10,16-17H,3,6,11-15H2. The number of carbonyl (C=O) groups is 1. The molecule has 2 heterocycles. The second-order valence-electron chi connectivity index (χ2n) is 7.25. The van der Waals surface area contributed by atoms with Crippen LogP contribution in [0, 0.1) is 0 Å². The van der Waals surface area contributed by atoms with Crippen molar-refractivity contribution in [2.75, 3.05) is 37.6 Å². The van der Waals surface area contributed by atoms with Crippen molar-refractivity contribution in [3.63, 3.8) is 0 Å². The Morgan fingerprint density at radius 2 is 1.68 bits per heavy atom. The van der Waals surface area contributed by atoms with Crippen molar-refractivity contribution < 1.29 is 4.79 Å². The third-order valence-electron chi connectivity index (χ3n) is 5.36. The Kier molecular flexibility index (Phi) is 6.03. The van der Waals surface area contributed by atoms with Gasteiger partial charge in [-0.2, -0.15) is 0 Å². The molecule has 0 atom stereocenters. The Hall–Kier alpha value is -2.24. The molecule has 0 amide bonds. The number of fused-ring (bicyclic) bond motifs is 1. The van der Waals surface area contributed by atoms with Gasteiger partial charge in [0.15, 0.2) is 5.78 Å². The number of benzene rings is 2. The number of Topliss-reactive ketones (excluding diaryl/α,β-unsaturated/α-hetero) is 1. The smallest absolute Gasteiger partial charge is 0.162 e. The van der Waals surface area contributed by atoms with Crippen molar-refractivity contribution in [3.8, 4) is 0 Å². The van der Waals surface area contributed by atoms with E-state index < -0.39 is 0 Å². The lowest BCUT2D eigenvalue weighted by atomic mass is 10.1. The predicted molar refractivity (Wildman–Crippen MR) is 118 cm³/mol. The van der Waals surface area contributed by atoms with Gasteiger partial charge in [-0.1, -0.05) is 52.3 Å². The molecule has 1 aliphatic heterocycles. The highest BCUT2D eigenvalue weighted by molar-refractivity contribution is 9.10. The number of rotatable bonds is 6. The van der Waals surface area contributed by atoms with Crippen LogP contribution in [-0.4, -0.2) is 48.4 Å². The normalized spacial score (nSPS) is 15.1. The third-order valence-corrected chi connectivity index (χ3v) is 5.89. The van der Waals surface area contributed by atoms with E-state index in [2.05, 4.69) is 55.0 Å². The van der Waals surface area contributed by atoms with Crippen molar-refractivity contribution in [1.29, 1.82) is 0 Å². The van der Waals surface area contributed by atoms with Crippen LogP contribution in [0.15, 0.2) is 65.3 Å². The monoisotopic (exact) mass is 437 g/mol. The van der Waals surface area contributed by atoms with E-state index in [0.717, 1.165) is 55.0 Å². The lowest BCUT2D eigenvalue weighted by Crippen LogP contribution is -2.47. The molecule has 0 unspecified atom stereocenters. The molecule has 3 aromatic rings. The third kappa shape index (κ3) is 4.59. The van der Waals surface area contributed by atoms with Crippen molar-refractivity contribution in [2.45, 2.75) is 12.8 Å². The highest BCUT2D eigenvalue weighted by Gasteiger charge is 2.18. The van der Waals surface area contributed by atoms with Crippen LogP contribution in [-0.2, 0) is 0 Å². The number of anilines is 1. The first kappa shape index (κ1) is 19.1. The van der Waals surface area contributed by atoms with Gasteiger partial charge >= 0.3 is 0 Å². The highest BCUT2D eigenvalue weighted by Crippen LogP contribution is 2.20. The van der Waals surface area contributed by atoms with Gasteiger partial charge in [-0.3, -0.25) is 9.69 Å². The van der Waals surface area contributed by atoms with Crippen molar-refractivity contribution >= 4 is 38.3 Å². The second kappa shape index (κ2) is 8.84. The molecule has 0 aliphatic carbocycles. The van der Waals surface area contributed by atoms with Crippen molar-refractivity contribution in [1.82, 2.24) is 9.88 Å². The summed E-state index contributed by atoms with van der Waals surface area (Å²) in [5.41, 5.74) is 0.801. The van der Waals surface area contributed by atoms with E-state index in [1.807, 2.05) is 36.5 Å². The molecule has 4 nitrogen and oxygen atoms in total. The SMILES string of the molecule is O=C(CCCN1CCN(c2cc3ccccc3cn2)CC1)c1ccc(Br)cc1. The topological polar surface area (TPSA) is 36.4 Å². The molecule has 28 heavy (non-hydrogen) atoms. The fraction of sp³-hybridized carbons (Fsp3) is 0.304. The van der Waals surface area contributed by atoms with Crippen LogP contribution < -0.4 is 4.90 Å². The molecule has 0 saturated carbocycles. The van der Waals surface area contributed by atoms with Crippen LogP contribution in [0.2, 0.25) is 0 Å². The molecule has 1 saturated heterocycles. The fourth-order valence-electron chi connectivity index (χ4n) is 3.69. The number of ketones is 1. The Morgan fingerprint density at radius 3 is 2.43 bits per heavy atom. The van der Waals surface area contributed by atoms with E-state index in [-0.39, 0.29) is 5.78 Å². The maximum atomic E-state index is 12.3. The summed E-state index contributed by atoms with van der Waals surface area (Å²) in [7, 11) is 0. The molecule has 144 valence electrons. The molecular weight excluding hydrogens is 414 g/mol. The van der Waals surface area contributed by atoms with Gasteiger partial charge in [0.05, 0.1) is 0 Å². The summed E-state index contributed by atoms with van der Waals surface area (Å²) in [5, 5.41) is 2.42. The highest BCUT2D eigenvalue weighted by atomic mass is 79.9. The van der Waals surface area contributed by atoms with Crippen LogP contribution in [0.3, 0.4) is 0 Å². The molecular formula is C23H24BrN3O. The average Bonchev–Trinajstić information content (AvgIpc) is 2.74. The molecule has 4 rings (SSSR count). The summed E-state index contributed by atoms with van der Waals surface area (Å²) in [5.74, 6) is 1.29. The summed E-state index contributed by atoms with van der Waals surface area (Å²) in [6, 6.07) is 18.2. The zero-order chi connectivity index (χ0) is 19.3. The maximum Gasteiger partial charge on any atom is 0.162 e. The number of aromatic nitrogens is 1. The maximum absolute atomic E-state index is 12.3. The quantitative estimate of drug-likeness (QED) is 0.519. The number of halogens is 1. The van der Waals surface area contributed by atoms with Gasteiger partial charge in [0.25, 0.3) is 0 Å². The number of carbonyl (C=O) groups excluding carboxylic acids is 1. The van der Waals surface area contributed by atoms with Crippen LogP contribution >= 0.6 is 15.9 Å². The molecule has 0 radical (unpaired) electrons. The Morgan fingerprint density at radius 1 is 0.964 bits per heavy atom. The first-order valence-electron chi connectivity index (χ1n) is 9.80. The summed E-state index contributed by atoms with van der Waals surface area (Å²) in [4.78, 5) is 21.7. The van der Waals surface area contributed by atoms with Gasteiger partial charge in [-0.25, -0.2) is 4.98 Å². The first-order valence-corrected chi connectivity index (χ1v) is 10.6. The Balaban J connectivity index is 1.25. The zero-order valence-electron chi connectivity index (χ0n) is 15.9. The van der Waals surface area contributed by atoms with Crippen LogP contribution in [0.5, 0.6) is 0 Å². The first-order chi connectivity index (χ1) is 13.7. The minimum atomic E-state index is 0.228. The molecule has 0 bridgehead atoms. The number of hydrogen-bond acceptors (Lipinski definition) is 4. The number of pyridine rings is 1. The predicted octanol–water partition coefficient (Wildman–Crippen LogP) is 4.78. The van der Waals surface area contributed by atoms with Gasteiger partial charge in [0.1, 0.15) is 5.82 Å². The van der Waals surface area contributed by atoms with E-state index in [4.69, 9.17) is 0 Å². The van der Waals surface area contributed by atoms with Gasteiger partial charge in [-0.05, 0) is 36.6 Å². The summed E-state index contributed by atoms with van der Waals surface area (Å²) in [6.07, 6.45) is 3.47. The molecule has 0 spiro atoms. The largest absolute Gasteiger partial charge is 0.354 e. The van der Waals surface area contributed by atoms with E-state index in [0.29, 0.717) is 6.42 Å². The number of piperazine rings is 1. The van der Waals surface area contributed by atoms with Gasteiger partial charge in [0, 0.05) is 54.2 Å². The molecule has 0 N–H and O–H groups in total. The van der Waals surface area contributed by atoms with Crippen LogP contribution in [0.4, 0.5) is 5.82 Å². The number of hydrogen-bond donors (Lipinski definition) is 0. The number of nitrogens with zero attached hydrogens (tertiary/aromatic N) is 3. The lowest BCUT2D eigenvalue weighted by molar-refractivity contribution is 0.0974. The van der Waals surface area contributed by atoms with E-state index in [1.54, 1.807) is 0 Å². The molecule has 5 heteroatoms. The molecule has 2 aromatic carbocycles. The second-order valence-corrected chi connectivity index (χ2v) is 8.17. The Bertz CT molecular complexity index is 949. The fourth-order valence-corrected chi connectivity index (χ4v) is 3.95. The van der Waals surface area contributed by atoms with E-state index in [9.17, 15) is 4.79 Å². The zero-order valence-corrected chi connectivity index (χ0v) is 17.4. The molecule has 1 aromatic heterocycles.